The predicted octanol–water partition coefficient (Wildman–Crippen LogP) is 3.27. The molecule has 3 aromatic rings. The summed E-state index contributed by atoms with van der Waals surface area (Å²) >= 11 is 11.6. The number of hydrogen-bond acceptors (Lipinski definition) is 4. The number of halogens is 2. The Bertz CT molecular complexity index is 1100. The van der Waals surface area contributed by atoms with Crippen LogP contribution in [0.4, 0.5) is 0 Å². The van der Waals surface area contributed by atoms with Crippen molar-refractivity contribution in [3.05, 3.63) is 70.5 Å². The summed E-state index contributed by atoms with van der Waals surface area (Å²) < 4.78 is 4.09. The third kappa shape index (κ3) is 2.20. The molecule has 4 rings (SSSR count). The molecular formula is C18H9Cl2NO4. The number of alkyl halides is 2. The number of ketones is 1. The topological polar surface area (TPSA) is 65.4 Å². The SMILES string of the molecule is O=C1Oc2c(c(=O)n(-c3ccccc3)c3ccccc23)C(=O)C1(Cl)Cl. The van der Waals surface area contributed by atoms with Gasteiger partial charge in [0.2, 0.25) is 5.78 Å². The Morgan fingerprint density at radius 1 is 0.880 bits per heavy atom. The number of pyridine rings is 1. The van der Waals surface area contributed by atoms with Crippen LogP contribution in [-0.2, 0) is 4.79 Å². The van der Waals surface area contributed by atoms with Gasteiger partial charge in [0.15, 0.2) is 5.75 Å². The van der Waals surface area contributed by atoms with Gasteiger partial charge >= 0.3 is 5.97 Å². The van der Waals surface area contributed by atoms with E-state index in [1.165, 1.54) is 4.57 Å². The number of benzene rings is 2. The summed E-state index contributed by atoms with van der Waals surface area (Å²) in [6.07, 6.45) is 0. The van der Waals surface area contributed by atoms with E-state index in [-0.39, 0.29) is 11.3 Å². The van der Waals surface area contributed by atoms with Gasteiger partial charge < -0.3 is 4.74 Å². The number of esters is 1. The molecule has 0 saturated carbocycles. The van der Waals surface area contributed by atoms with Crippen molar-refractivity contribution in [3.63, 3.8) is 0 Å². The second-order valence-electron chi connectivity index (χ2n) is 5.49. The molecule has 7 heteroatoms. The van der Waals surface area contributed by atoms with Crippen molar-refractivity contribution in [1.82, 2.24) is 4.57 Å². The molecule has 0 N–H and O–H groups in total. The maximum absolute atomic E-state index is 13.1. The lowest BCUT2D eigenvalue weighted by Crippen LogP contribution is -2.46. The van der Waals surface area contributed by atoms with Crippen LogP contribution in [0.2, 0.25) is 0 Å². The van der Waals surface area contributed by atoms with Gasteiger partial charge in [0, 0.05) is 11.1 Å². The fraction of sp³-hybridized carbons (Fsp3) is 0.0556. The summed E-state index contributed by atoms with van der Waals surface area (Å²) in [5.41, 5.74) is 0.0656. The minimum absolute atomic E-state index is 0.111. The minimum atomic E-state index is -2.44. The Balaban J connectivity index is 2.19. The molecule has 0 amide bonds. The molecule has 0 unspecified atom stereocenters. The van der Waals surface area contributed by atoms with Gasteiger partial charge in [-0.1, -0.05) is 53.5 Å². The fourth-order valence-corrected chi connectivity index (χ4v) is 3.13. The lowest BCUT2D eigenvalue weighted by molar-refractivity contribution is -0.134. The van der Waals surface area contributed by atoms with E-state index < -0.39 is 21.6 Å². The first kappa shape index (κ1) is 15.9. The van der Waals surface area contributed by atoms with Gasteiger partial charge in [0.05, 0.1) is 5.52 Å². The van der Waals surface area contributed by atoms with E-state index in [9.17, 15) is 14.4 Å². The lowest BCUT2D eigenvalue weighted by atomic mass is 10.0. The largest absolute Gasteiger partial charge is 0.422 e. The molecule has 0 saturated heterocycles. The summed E-state index contributed by atoms with van der Waals surface area (Å²) in [7, 11) is 0. The molecule has 2 heterocycles. The molecule has 2 aromatic carbocycles. The zero-order valence-corrected chi connectivity index (χ0v) is 14.0. The number of nitrogens with zero attached hydrogens (tertiary/aromatic N) is 1. The first-order chi connectivity index (χ1) is 11.9. The number of carbonyl (C=O) groups is 2. The molecule has 0 radical (unpaired) electrons. The summed E-state index contributed by atoms with van der Waals surface area (Å²) in [5.74, 6) is -2.21. The van der Waals surface area contributed by atoms with Gasteiger partial charge in [0.25, 0.3) is 9.89 Å². The first-order valence-corrected chi connectivity index (χ1v) is 8.06. The van der Waals surface area contributed by atoms with Crippen molar-refractivity contribution in [1.29, 1.82) is 0 Å². The maximum Gasteiger partial charge on any atom is 0.356 e. The number of aromatic nitrogens is 1. The van der Waals surface area contributed by atoms with E-state index in [0.717, 1.165) is 0 Å². The molecular weight excluding hydrogens is 365 g/mol. The first-order valence-electron chi connectivity index (χ1n) is 7.31. The van der Waals surface area contributed by atoms with Crippen molar-refractivity contribution in [2.45, 2.75) is 4.33 Å². The van der Waals surface area contributed by atoms with Crippen molar-refractivity contribution in [3.8, 4) is 11.4 Å². The van der Waals surface area contributed by atoms with Gasteiger partial charge in [-0.3, -0.25) is 14.2 Å². The number of para-hydroxylation sites is 2. The predicted molar refractivity (Wildman–Crippen MR) is 93.9 cm³/mol. The fourth-order valence-electron chi connectivity index (χ4n) is 2.86. The highest BCUT2D eigenvalue weighted by Crippen LogP contribution is 2.39. The van der Waals surface area contributed by atoms with E-state index in [4.69, 9.17) is 27.9 Å². The molecule has 5 nitrogen and oxygen atoms in total. The van der Waals surface area contributed by atoms with Crippen LogP contribution in [-0.4, -0.2) is 20.7 Å². The Morgan fingerprint density at radius 2 is 1.52 bits per heavy atom. The molecule has 1 aliphatic heterocycles. The van der Waals surface area contributed by atoms with E-state index in [1.54, 1.807) is 48.5 Å². The molecule has 0 fully saturated rings. The Hall–Kier alpha value is -2.63. The van der Waals surface area contributed by atoms with Crippen LogP contribution in [0.25, 0.3) is 16.6 Å². The number of rotatable bonds is 1. The number of ether oxygens (including phenoxy) is 1. The van der Waals surface area contributed by atoms with Crippen LogP contribution >= 0.6 is 23.2 Å². The van der Waals surface area contributed by atoms with Crippen molar-refractivity contribution >= 4 is 45.9 Å². The second kappa shape index (κ2) is 5.44. The monoisotopic (exact) mass is 373 g/mol. The molecule has 1 aromatic heterocycles. The van der Waals surface area contributed by atoms with Crippen LogP contribution in [0.1, 0.15) is 10.4 Å². The molecule has 0 bridgehead atoms. The summed E-state index contributed by atoms with van der Waals surface area (Å²) in [6, 6.07) is 15.6. The highest BCUT2D eigenvalue weighted by molar-refractivity contribution is 6.69. The number of carbonyl (C=O) groups excluding carboxylic acids is 2. The quantitative estimate of drug-likeness (QED) is 0.373. The van der Waals surface area contributed by atoms with Crippen LogP contribution in [0, 0.1) is 0 Å². The third-order valence-electron chi connectivity index (χ3n) is 4.01. The van der Waals surface area contributed by atoms with Crippen LogP contribution in [0.3, 0.4) is 0 Å². The van der Waals surface area contributed by atoms with E-state index >= 15 is 0 Å². The zero-order chi connectivity index (χ0) is 17.8. The summed E-state index contributed by atoms with van der Waals surface area (Å²) in [6.45, 7) is 0. The normalized spacial score (nSPS) is 15.8. The van der Waals surface area contributed by atoms with E-state index in [1.807, 2.05) is 6.07 Å². The molecule has 0 spiro atoms. The van der Waals surface area contributed by atoms with Gasteiger partial charge in [-0.15, -0.1) is 0 Å². The van der Waals surface area contributed by atoms with E-state index in [0.29, 0.717) is 16.6 Å². The summed E-state index contributed by atoms with van der Waals surface area (Å²) in [5, 5.41) is 0.437. The van der Waals surface area contributed by atoms with Crippen LogP contribution < -0.4 is 10.3 Å². The van der Waals surface area contributed by atoms with Crippen molar-refractivity contribution in [2.75, 3.05) is 0 Å². The highest BCUT2D eigenvalue weighted by Gasteiger charge is 2.51. The molecule has 25 heavy (non-hydrogen) atoms. The van der Waals surface area contributed by atoms with Crippen molar-refractivity contribution < 1.29 is 14.3 Å². The highest BCUT2D eigenvalue weighted by atomic mass is 35.5. The average Bonchev–Trinajstić information content (AvgIpc) is 2.61. The van der Waals surface area contributed by atoms with Crippen LogP contribution in [0.5, 0.6) is 5.75 Å². The van der Waals surface area contributed by atoms with E-state index in [2.05, 4.69) is 0 Å². The minimum Gasteiger partial charge on any atom is -0.422 e. The van der Waals surface area contributed by atoms with Gasteiger partial charge in [-0.2, -0.15) is 0 Å². The smallest absolute Gasteiger partial charge is 0.356 e. The number of hydrogen-bond donors (Lipinski definition) is 0. The molecule has 1 aliphatic rings. The molecule has 0 aliphatic carbocycles. The Labute approximate surface area is 151 Å². The van der Waals surface area contributed by atoms with Gasteiger partial charge in [-0.05, 0) is 24.3 Å². The average molecular weight is 374 g/mol. The Kier molecular flexibility index (Phi) is 3.45. The van der Waals surface area contributed by atoms with Gasteiger partial charge in [0.1, 0.15) is 5.56 Å². The zero-order valence-electron chi connectivity index (χ0n) is 12.5. The molecule has 0 atom stereocenters. The maximum atomic E-state index is 13.1. The number of Topliss-reactive ketones (excluding diaryl/α,β-unsaturated/α-hetero) is 1. The third-order valence-corrected chi connectivity index (χ3v) is 4.66. The molecule has 124 valence electrons. The van der Waals surface area contributed by atoms with Crippen LogP contribution in [0.15, 0.2) is 59.4 Å². The van der Waals surface area contributed by atoms with Gasteiger partial charge in [-0.25, -0.2) is 4.79 Å². The summed E-state index contributed by atoms with van der Waals surface area (Å²) in [4.78, 5) is 37.7. The number of fused-ring (bicyclic) bond motifs is 3. The Morgan fingerprint density at radius 3 is 2.24 bits per heavy atom. The van der Waals surface area contributed by atoms with Crippen molar-refractivity contribution in [2.24, 2.45) is 0 Å². The standard InChI is InChI=1S/C18H9Cl2NO4/c19-18(20)15(22)13-14(25-17(18)24)11-8-4-5-9-12(11)21(16(13)23)10-6-2-1-3-7-10/h1-9H. The lowest BCUT2D eigenvalue weighted by Gasteiger charge is -2.25. The second-order valence-corrected chi connectivity index (χ2v) is 6.82.